The van der Waals surface area contributed by atoms with Crippen LogP contribution >= 0.6 is 11.3 Å². The maximum Gasteiger partial charge on any atom is 0.393 e. The quantitative estimate of drug-likeness (QED) is 0.249. The molecule has 1 aliphatic heterocycles. The van der Waals surface area contributed by atoms with Gasteiger partial charge in [0.1, 0.15) is 17.7 Å². The van der Waals surface area contributed by atoms with Gasteiger partial charge in [-0.05, 0) is 36.6 Å². The van der Waals surface area contributed by atoms with Crippen LogP contribution in [0.5, 0.6) is 5.75 Å². The second-order valence-corrected chi connectivity index (χ2v) is 10.2. The van der Waals surface area contributed by atoms with Gasteiger partial charge in [-0.2, -0.15) is 13.2 Å². The van der Waals surface area contributed by atoms with Crippen molar-refractivity contribution in [2.45, 2.75) is 31.2 Å². The number of likely N-dealkylation sites (tertiary alicyclic amines) is 1. The number of rotatable bonds is 7. The number of carboxylic acid groups (broad SMARTS) is 1. The summed E-state index contributed by atoms with van der Waals surface area (Å²) < 4.78 is 74.9. The third-order valence-electron chi connectivity index (χ3n) is 6.37. The molecule has 12 heteroatoms. The summed E-state index contributed by atoms with van der Waals surface area (Å²) in [5.74, 6) is 3.20. The molecule has 1 aliphatic rings. The fourth-order valence-corrected chi connectivity index (χ4v) is 5.64. The lowest BCUT2D eigenvalue weighted by molar-refractivity contribution is -0.126. The van der Waals surface area contributed by atoms with Gasteiger partial charge in [0, 0.05) is 19.2 Å². The van der Waals surface area contributed by atoms with Crippen LogP contribution in [0, 0.1) is 17.7 Å². The molecule has 0 spiro atoms. The first-order valence-electron chi connectivity index (χ1n) is 12.0. The Hall–Kier alpha value is -3.56. The Labute approximate surface area is 225 Å². The van der Waals surface area contributed by atoms with Crippen LogP contribution in [0.2, 0.25) is 0 Å². The topological polar surface area (TPSA) is 73.8 Å². The molecule has 0 unspecified atom stereocenters. The zero-order valence-corrected chi connectivity index (χ0v) is 21.9. The number of aromatic carboxylic acids is 1. The second-order valence-electron chi connectivity index (χ2n) is 9.19. The van der Waals surface area contributed by atoms with Gasteiger partial charge in [0.15, 0.2) is 0 Å². The van der Waals surface area contributed by atoms with Crippen LogP contribution in [-0.4, -0.2) is 68.2 Å². The summed E-state index contributed by atoms with van der Waals surface area (Å²) in [6.45, 7) is 0.899. The first kappa shape index (κ1) is 28.4. The Morgan fingerprint density at radius 2 is 2.05 bits per heavy atom. The molecule has 0 radical (unpaired) electrons. The van der Waals surface area contributed by atoms with Gasteiger partial charge in [-0.1, -0.05) is 24.0 Å². The number of nitrogens with one attached hydrogen (secondary N) is 2. The van der Waals surface area contributed by atoms with Gasteiger partial charge in [-0.3, -0.25) is 0 Å². The fraction of sp³-hybridized carbons (Fsp3) is 0.370. The van der Waals surface area contributed by atoms with Gasteiger partial charge in [0.25, 0.3) is 0 Å². The van der Waals surface area contributed by atoms with E-state index < -0.39 is 42.2 Å². The number of nitrogens with zero attached hydrogens (tertiary/aromatic N) is 1. The van der Waals surface area contributed by atoms with Crippen molar-refractivity contribution >= 4 is 38.8 Å². The fourth-order valence-electron chi connectivity index (χ4n) is 4.47. The number of fused-ring (bicyclic) bond motifs is 1. The number of benzene rings is 2. The number of alkyl halides is 4. The number of hydrogen-bond donors (Lipinski definition) is 3. The summed E-state index contributed by atoms with van der Waals surface area (Å²) >= 11 is 1.10. The largest absolute Gasteiger partial charge is 0.495 e. The van der Waals surface area contributed by atoms with Crippen LogP contribution in [0.1, 0.15) is 27.2 Å². The number of anilines is 2. The summed E-state index contributed by atoms with van der Waals surface area (Å²) in [6, 6.07) is 6.49. The Bertz CT molecular complexity index is 1430. The molecule has 0 aliphatic carbocycles. The number of methoxy groups -OCH3 is 1. The molecule has 1 saturated heterocycles. The standard InChI is InChI=1S/C27H26F5N3O3S/c1-35-10-8-20(19(29)14-35)34-21-6-3-5-15-17(13-27(30,31)32)24(39-25(15)21)7-4-9-33-22-12-18(28)16(26(36)37)11-23(22)38-2/h3,5-6,11-12,19-20,33-34H,8-10,13-14H2,1-2H3,(H,36,37)/t19-,20+/m0/s1. The van der Waals surface area contributed by atoms with E-state index in [1.165, 1.54) is 7.11 Å². The number of carboxylic acids is 1. The molecule has 0 saturated carbocycles. The van der Waals surface area contributed by atoms with Gasteiger partial charge in [0.05, 0.1) is 52.6 Å². The predicted octanol–water partition coefficient (Wildman–Crippen LogP) is 5.77. The van der Waals surface area contributed by atoms with Crippen LogP contribution in [0.4, 0.5) is 33.3 Å². The number of carbonyl (C=O) groups is 1. The zero-order valence-electron chi connectivity index (χ0n) is 21.1. The van der Waals surface area contributed by atoms with Gasteiger partial charge >= 0.3 is 12.1 Å². The van der Waals surface area contributed by atoms with Crippen molar-refractivity contribution in [3.05, 3.63) is 52.2 Å². The SMILES string of the molecule is COc1cc(C(=O)O)c(F)cc1NCC#Cc1sc2c(N[C@@H]3CCN(C)C[C@@H]3F)cccc2c1CC(F)(F)F. The van der Waals surface area contributed by atoms with Gasteiger partial charge < -0.3 is 25.4 Å². The van der Waals surface area contributed by atoms with Crippen molar-refractivity contribution in [1.82, 2.24) is 4.90 Å². The van der Waals surface area contributed by atoms with Crippen LogP contribution < -0.4 is 15.4 Å². The molecule has 0 bridgehead atoms. The summed E-state index contributed by atoms with van der Waals surface area (Å²) in [5.41, 5.74) is 0.178. The van der Waals surface area contributed by atoms with E-state index in [0.717, 1.165) is 23.5 Å². The highest BCUT2D eigenvalue weighted by atomic mass is 32.1. The number of thiophene rings is 1. The zero-order chi connectivity index (χ0) is 28.3. The van der Waals surface area contributed by atoms with E-state index in [0.29, 0.717) is 28.7 Å². The third-order valence-corrected chi connectivity index (χ3v) is 7.57. The minimum absolute atomic E-state index is 0.0354. The van der Waals surface area contributed by atoms with Crippen LogP contribution in [-0.2, 0) is 6.42 Å². The Balaban J connectivity index is 1.62. The van der Waals surface area contributed by atoms with E-state index in [4.69, 9.17) is 9.84 Å². The highest BCUT2D eigenvalue weighted by molar-refractivity contribution is 7.20. The molecular weight excluding hydrogens is 541 g/mol. The lowest BCUT2D eigenvalue weighted by Gasteiger charge is -2.33. The van der Waals surface area contributed by atoms with Crippen molar-refractivity contribution in [1.29, 1.82) is 0 Å². The third kappa shape index (κ3) is 6.72. The molecular formula is C27H26F5N3O3S. The Kier molecular flexibility index (Phi) is 8.51. The van der Waals surface area contributed by atoms with Gasteiger partial charge in [-0.25, -0.2) is 13.6 Å². The maximum absolute atomic E-state index is 14.6. The van der Waals surface area contributed by atoms with E-state index in [2.05, 4.69) is 22.5 Å². The molecule has 2 aromatic carbocycles. The lowest BCUT2D eigenvalue weighted by atomic mass is 10.0. The summed E-state index contributed by atoms with van der Waals surface area (Å²) in [7, 11) is 3.13. The van der Waals surface area contributed by atoms with Crippen molar-refractivity contribution in [2.75, 3.05) is 44.4 Å². The Morgan fingerprint density at radius 3 is 2.72 bits per heavy atom. The van der Waals surface area contributed by atoms with Crippen LogP contribution in [0.3, 0.4) is 0 Å². The molecule has 2 atom stereocenters. The highest BCUT2D eigenvalue weighted by Gasteiger charge is 2.32. The van der Waals surface area contributed by atoms with E-state index in [-0.39, 0.29) is 35.0 Å². The molecule has 2 heterocycles. The second kappa shape index (κ2) is 11.7. The first-order chi connectivity index (χ1) is 18.5. The minimum atomic E-state index is -4.47. The molecule has 39 heavy (non-hydrogen) atoms. The lowest BCUT2D eigenvalue weighted by Crippen LogP contribution is -2.46. The number of halogens is 5. The number of ether oxygens (including phenoxy) is 1. The molecule has 4 rings (SSSR count). The normalized spacial score (nSPS) is 17.9. The molecule has 3 aromatic rings. The molecule has 1 aromatic heterocycles. The average molecular weight is 568 g/mol. The minimum Gasteiger partial charge on any atom is -0.495 e. The van der Waals surface area contributed by atoms with E-state index in [1.54, 1.807) is 18.2 Å². The van der Waals surface area contributed by atoms with Crippen molar-refractivity contribution in [2.24, 2.45) is 0 Å². The highest BCUT2D eigenvalue weighted by Crippen LogP contribution is 2.39. The smallest absolute Gasteiger partial charge is 0.393 e. The van der Waals surface area contributed by atoms with Crippen LogP contribution in [0.15, 0.2) is 30.3 Å². The summed E-state index contributed by atoms with van der Waals surface area (Å²) in [6.07, 6.45) is -6.21. The van der Waals surface area contributed by atoms with Crippen molar-refractivity contribution in [3.8, 4) is 17.6 Å². The molecule has 0 amide bonds. The predicted molar refractivity (Wildman–Crippen MR) is 141 cm³/mol. The van der Waals surface area contributed by atoms with Crippen LogP contribution in [0.25, 0.3) is 10.1 Å². The van der Waals surface area contributed by atoms with Gasteiger partial charge in [-0.15, -0.1) is 11.3 Å². The van der Waals surface area contributed by atoms with E-state index in [9.17, 15) is 26.7 Å². The summed E-state index contributed by atoms with van der Waals surface area (Å²) in [4.78, 5) is 13.3. The first-order valence-corrected chi connectivity index (χ1v) is 12.8. The van der Waals surface area contributed by atoms with E-state index >= 15 is 0 Å². The van der Waals surface area contributed by atoms with E-state index in [1.807, 2.05) is 11.9 Å². The molecule has 3 N–H and O–H groups in total. The maximum atomic E-state index is 14.6. The average Bonchev–Trinajstić information content (AvgIpc) is 3.20. The molecule has 208 valence electrons. The monoisotopic (exact) mass is 567 g/mol. The molecule has 6 nitrogen and oxygen atoms in total. The van der Waals surface area contributed by atoms with Gasteiger partial charge in [0.2, 0.25) is 0 Å². The van der Waals surface area contributed by atoms with Crippen molar-refractivity contribution < 1.29 is 36.6 Å². The van der Waals surface area contributed by atoms with Crippen molar-refractivity contribution in [3.63, 3.8) is 0 Å². The summed E-state index contributed by atoms with van der Waals surface area (Å²) in [5, 5.41) is 15.5. The number of piperidine rings is 1. The molecule has 1 fully saturated rings. The Morgan fingerprint density at radius 1 is 1.28 bits per heavy atom. The number of hydrogen-bond acceptors (Lipinski definition) is 6.